The van der Waals surface area contributed by atoms with E-state index in [0.29, 0.717) is 28.0 Å². The van der Waals surface area contributed by atoms with Gasteiger partial charge in [0.15, 0.2) is 0 Å². The number of rotatable bonds is 10. The molecule has 0 bridgehead atoms. The Hall–Kier alpha value is -6.72. The van der Waals surface area contributed by atoms with E-state index in [0.717, 1.165) is 17.2 Å². The number of hydrogen-bond donors (Lipinski definition) is 0. The minimum absolute atomic E-state index is 0.0561. The minimum Gasteiger partial charge on any atom is -0.423 e. The highest BCUT2D eigenvalue weighted by atomic mass is 16.6. The standard InChI is InChI=1S/C41H32O8/c1-8-37(42)48-35-23-29(10-9-28-11-13-30(14-12-28)31-15-19-33(20-16-31)46-39(43)25(2)3)24-36(49-41(45)27(6)7)38(35)32-17-21-34(22-18-32)47-40(44)26(4)5/h8,11-24H,1-2,4,6H2,3,5,7H3. The van der Waals surface area contributed by atoms with Gasteiger partial charge in [0.25, 0.3) is 0 Å². The number of carbonyl (C=O) groups excluding carboxylic acids is 4. The topological polar surface area (TPSA) is 105 Å². The van der Waals surface area contributed by atoms with Crippen LogP contribution in [-0.2, 0) is 19.2 Å². The first-order valence-corrected chi connectivity index (χ1v) is 14.8. The summed E-state index contributed by atoms with van der Waals surface area (Å²) in [5.74, 6) is 4.41. The van der Waals surface area contributed by atoms with Crippen LogP contribution in [0.5, 0.6) is 23.0 Å². The molecule has 0 aliphatic rings. The SMILES string of the molecule is C=CC(=O)Oc1cc(C#Cc2ccc(-c3ccc(OC(=O)C(=C)C)cc3)cc2)cc(OC(=O)C(=C)C)c1-c1ccc(OC(=O)C(=C)C)cc1. The van der Waals surface area contributed by atoms with Gasteiger partial charge in [-0.1, -0.05) is 74.6 Å². The quantitative estimate of drug-likeness (QED) is 0.0736. The molecule has 4 rings (SSSR count). The predicted octanol–water partition coefficient (Wildman–Crippen LogP) is 7.96. The Bertz CT molecular complexity index is 2050. The molecule has 0 radical (unpaired) electrons. The van der Waals surface area contributed by atoms with Crippen molar-refractivity contribution in [2.45, 2.75) is 20.8 Å². The molecule has 0 saturated carbocycles. The van der Waals surface area contributed by atoms with E-state index < -0.39 is 23.9 Å². The molecule has 4 aromatic carbocycles. The van der Waals surface area contributed by atoms with Gasteiger partial charge in [0.1, 0.15) is 23.0 Å². The highest BCUT2D eigenvalue weighted by Crippen LogP contribution is 2.41. The van der Waals surface area contributed by atoms with Crippen LogP contribution in [0.1, 0.15) is 31.9 Å². The molecule has 0 aromatic heterocycles. The molecule has 0 aliphatic heterocycles. The normalized spacial score (nSPS) is 10.0. The molecule has 0 fully saturated rings. The van der Waals surface area contributed by atoms with Crippen molar-refractivity contribution in [2.75, 3.05) is 0 Å². The molecule has 0 saturated heterocycles. The molecule has 8 nitrogen and oxygen atoms in total. The maximum atomic E-state index is 12.7. The Labute approximate surface area is 284 Å². The van der Waals surface area contributed by atoms with Gasteiger partial charge in [0.2, 0.25) is 0 Å². The second kappa shape index (κ2) is 15.7. The van der Waals surface area contributed by atoms with Crippen molar-refractivity contribution in [3.63, 3.8) is 0 Å². The van der Waals surface area contributed by atoms with E-state index in [9.17, 15) is 19.2 Å². The van der Waals surface area contributed by atoms with Crippen molar-refractivity contribution in [1.29, 1.82) is 0 Å². The van der Waals surface area contributed by atoms with E-state index >= 15 is 0 Å². The summed E-state index contributed by atoms with van der Waals surface area (Å²) in [4.78, 5) is 48.8. The molecule has 0 unspecified atom stereocenters. The van der Waals surface area contributed by atoms with Gasteiger partial charge < -0.3 is 18.9 Å². The van der Waals surface area contributed by atoms with Gasteiger partial charge in [-0.25, -0.2) is 19.2 Å². The van der Waals surface area contributed by atoms with E-state index in [1.807, 2.05) is 36.4 Å². The lowest BCUT2D eigenvalue weighted by molar-refractivity contribution is -0.131. The van der Waals surface area contributed by atoms with E-state index in [-0.39, 0.29) is 34.0 Å². The first kappa shape index (κ1) is 35.1. The molecular formula is C41H32O8. The molecule has 4 aromatic rings. The van der Waals surface area contributed by atoms with Crippen LogP contribution in [0.15, 0.2) is 134 Å². The van der Waals surface area contributed by atoms with Gasteiger partial charge in [-0.15, -0.1) is 0 Å². The molecule has 0 heterocycles. The summed E-state index contributed by atoms with van der Waals surface area (Å²) in [5, 5.41) is 0. The average Bonchev–Trinajstić information content (AvgIpc) is 3.08. The van der Waals surface area contributed by atoms with E-state index in [1.54, 1.807) is 55.5 Å². The first-order valence-electron chi connectivity index (χ1n) is 14.8. The van der Waals surface area contributed by atoms with Gasteiger partial charge in [-0.2, -0.15) is 0 Å². The third kappa shape index (κ3) is 9.41. The summed E-state index contributed by atoms with van der Waals surface area (Å²) in [5.41, 5.74) is 4.36. The lowest BCUT2D eigenvalue weighted by atomic mass is 10.00. The second-order valence-corrected chi connectivity index (χ2v) is 10.9. The lowest BCUT2D eigenvalue weighted by Gasteiger charge is -2.16. The van der Waals surface area contributed by atoms with Crippen LogP contribution in [0.2, 0.25) is 0 Å². The van der Waals surface area contributed by atoms with Crippen molar-refractivity contribution in [3.05, 3.63) is 145 Å². The van der Waals surface area contributed by atoms with Crippen LogP contribution >= 0.6 is 0 Å². The minimum atomic E-state index is -0.742. The van der Waals surface area contributed by atoms with E-state index in [2.05, 4.69) is 38.2 Å². The largest absolute Gasteiger partial charge is 0.423 e. The molecule has 0 aliphatic carbocycles. The predicted molar refractivity (Wildman–Crippen MR) is 187 cm³/mol. The van der Waals surface area contributed by atoms with Gasteiger partial charge in [-0.05, 0) is 86.0 Å². The fraction of sp³-hybridized carbons (Fsp3) is 0.0732. The summed E-state index contributed by atoms with van der Waals surface area (Å²) in [6.07, 6.45) is 1.01. The number of benzene rings is 4. The van der Waals surface area contributed by atoms with Gasteiger partial charge in [0.05, 0.1) is 5.56 Å². The smallest absolute Gasteiger partial charge is 0.338 e. The first-order chi connectivity index (χ1) is 23.3. The summed E-state index contributed by atoms with van der Waals surface area (Å²) in [7, 11) is 0. The molecule has 8 heteroatoms. The number of esters is 4. The van der Waals surface area contributed by atoms with Crippen LogP contribution in [0.4, 0.5) is 0 Å². The Morgan fingerprint density at radius 3 is 1.37 bits per heavy atom. The third-order valence-corrected chi connectivity index (χ3v) is 6.68. The average molecular weight is 653 g/mol. The zero-order chi connectivity index (χ0) is 35.7. The summed E-state index contributed by atoms with van der Waals surface area (Å²) < 4.78 is 21.8. The second-order valence-electron chi connectivity index (χ2n) is 10.9. The maximum Gasteiger partial charge on any atom is 0.338 e. The number of hydrogen-bond acceptors (Lipinski definition) is 8. The summed E-state index contributed by atoms with van der Waals surface area (Å²) in [6, 6.07) is 24.0. The fourth-order valence-corrected chi connectivity index (χ4v) is 4.13. The van der Waals surface area contributed by atoms with E-state index in [4.69, 9.17) is 18.9 Å². The molecule has 0 spiro atoms. The van der Waals surface area contributed by atoms with Crippen molar-refractivity contribution in [2.24, 2.45) is 0 Å². The van der Waals surface area contributed by atoms with Gasteiger partial charge in [-0.3, -0.25) is 0 Å². The monoisotopic (exact) mass is 652 g/mol. The van der Waals surface area contributed by atoms with Crippen LogP contribution in [0.25, 0.3) is 22.3 Å². The van der Waals surface area contributed by atoms with Crippen molar-refractivity contribution < 1.29 is 38.1 Å². The third-order valence-electron chi connectivity index (χ3n) is 6.68. The Morgan fingerprint density at radius 2 is 0.918 bits per heavy atom. The molecule has 0 atom stereocenters. The van der Waals surface area contributed by atoms with Crippen molar-refractivity contribution >= 4 is 23.9 Å². The number of carbonyl (C=O) groups is 4. The molecule has 0 amide bonds. The Balaban J connectivity index is 1.69. The molecule has 49 heavy (non-hydrogen) atoms. The number of ether oxygens (including phenoxy) is 4. The molecular weight excluding hydrogens is 620 g/mol. The highest BCUT2D eigenvalue weighted by molar-refractivity contribution is 5.93. The molecule has 0 N–H and O–H groups in total. The van der Waals surface area contributed by atoms with Crippen molar-refractivity contribution in [1.82, 2.24) is 0 Å². The highest BCUT2D eigenvalue weighted by Gasteiger charge is 2.20. The Morgan fingerprint density at radius 1 is 0.531 bits per heavy atom. The van der Waals surface area contributed by atoms with Gasteiger partial charge >= 0.3 is 23.9 Å². The maximum absolute atomic E-state index is 12.7. The van der Waals surface area contributed by atoms with Crippen molar-refractivity contribution in [3.8, 4) is 57.1 Å². The summed E-state index contributed by atoms with van der Waals surface area (Å²) in [6.45, 7) is 18.9. The fourth-order valence-electron chi connectivity index (χ4n) is 4.13. The summed E-state index contributed by atoms with van der Waals surface area (Å²) >= 11 is 0. The zero-order valence-corrected chi connectivity index (χ0v) is 27.3. The van der Waals surface area contributed by atoms with E-state index in [1.165, 1.54) is 13.8 Å². The Kier molecular flexibility index (Phi) is 11.3. The van der Waals surface area contributed by atoms with Crippen LogP contribution < -0.4 is 18.9 Å². The van der Waals surface area contributed by atoms with Gasteiger partial charge in [0, 0.05) is 33.9 Å². The molecule has 244 valence electrons. The zero-order valence-electron chi connectivity index (χ0n) is 27.3. The lowest BCUT2D eigenvalue weighted by Crippen LogP contribution is -2.11. The van der Waals surface area contributed by atoms with Crippen LogP contribution in [0.3, 0.4) is 0 Å². The van der Waals surface area contributed by atoms with Crippen LogP contribution in [0, 0.1) is 11.8 Å². The van der Waals surface area contributed by atoms with Crippen LogP contribution in [-0.4, -0.2) is 23.9 Å².